The maximum absolute atomic E-state index is 12.1. The second-order valence-electron chi connectivity index (χ2n) is 4.40. The molecular formula is C12H13N3O2. The molecule has 3 rings (SSSR count). The Balaban J connectivity index is 1.96. The molecule has 0 spiro atoms. The molecular weight excluding hydrogens is 218 g/mol. The Kier molecular flexibility index (Phi) is 2.07. The molecule has 2 aliphatic heterocycles. The zero-order valence-corrected chi connectivity index (χ0v) is 9.30. The molecule has 2 saturated heterocycles. The summed E-state index contributed by atoms with van der Waals surface area (Å²) in [7, 11) is 0. The first kappa shape index (κ1) is 10.1. The summed E-state index contributed by atoms with van der Waals surface area (Å²) in [6.45, 7) is 0.681. The molecule has 1 aromatic carbocycles. The van der Waals surface area contributed by atoms with Gasteiger partial charge >= 0.3 is 6.03 Å². The van der Waals surface area contributed by atoms with Crippen LogP contribution in [0.3, 0.4) is 0 Å². The summed E-state index contributed by atoms with van der Waals surface area (Å²) in [5.41, 5.74) is 6.81. The van der Waals surface area contributed by atoms with E-state index in [1.165, 1.54) is 4.90 Å². The quantitative estimate of drug-likeness (QED) is 0.583. The molecule has 0 aliphatic carbocycles. The number of nitrogen functional groups attached to an aromatic ring is 1. The fourth-order valence-corrected chi connectivity index (χ4v) is 2.49. The zero-order valence-electron chi connectivity index (χ0n) is 9.30. The van der Waals surface area contributed by atoms with Gasteiger partial charge in [0.05, 0.1) is 5.69 Å². The van der Waals surface area contributed by atoms with Crippen LogP contribution in [0.25, 0.3) is 0 Å². The molecule has 0 unspecified atom stereocenters. The van der Waals surface area contributed by atoms with Gasteiger partial charge in [0.25, 0.3) is 5.91 Å². The Morgan fingerprint density at radius 1 is 1.18 bits per heavy atom. The molecule has 0 saturated carbocycles. The fraction of sp³-hybridized carbons (Fsp3) is 0.333. The van der Waals surface area contributed by atoms with Gasteiger partial charge in [0.1, 0.15) is 6.04 Å². The van der Waals surface area contributed by atoms with Crippen molar-refractivity contribution in [2.75, 3.05) is 17.2 Å². The van der Waals surface area contributed by atoms with Crippen molar-refractivity contribution in [3.63, 3.8) is 0 Å². The van der Waals surface area contributed by atoms with Crippen LogP contribution in [0.1, 0.15) is 12.8 Å². The molecule has 0 bridgehead atoms. The average Bonchev–Trinajstić information content (AvgIpc) is 2.87. The summed E-state index contributed by atoms with van der Waals surface area (Å²) in [5.74, 6) is -0.114. The standard InChI is InChI=1S/C12H13N3O2/c13-8-3-5-9(6-4-8)15-11(16)10-2-1-7-14(10)12(15)17/h3-6,10H,1-2,7,13H2/t10-/m1/s1. The van der Waals surface area contributed by atoms with E-state index in [9.17, 15) is 9.59 Å². The number of imide groups is 1. The predicted octanol–water partition coefficient (Wildman–Crippen LogP) is 1.20. The molecule has 2 N–H and O–H groups in total. The Labute approximate surface area is 98.8 Å². The highest BCUT2D eigenvalue weighted by molar-refractivity contribution is 6.21. The van der Waals surface area contributed by atoms with Gasteiger partial charge in [-0.15, -0.1) is 0 Å². The second-order valence-corrected chi connectivity index (χ2v) is 4.40. The number of hydrogen-bond acceptors (Lipinski definition) is 3. The van der Waals surface area contributed by atoms with Crippen LogP contribution in [0.15, 0.2) is 24.3 Å². The van der Waals surface area contributed by atoms with Crippen molar-refractivity contribution in [2.24, 2.45) is 0 Å². The summed E-state index contributed by atoms with van der Waals surface area (Å²) in [4.78, 5) is 27.1. The lowest BCUT2D eigenvalue weighted by molar-refractivity contribution is -0.119. The van der Waals surface area contributed by atoms with E-state index in [0.717, 1.165) is 12.8 Å². The lowest BCUT2D eigenvalue weighted by Gasteiger charge is -2.15. The number of rotatable bonds is 1. The van der Waals surface area contributed by atoms with Crippen molar-refractivity contribution in [3.05, 3.63) is 24.3 Å². The highest BCUT2D eigenvalue weighted by Gasteiger charge is 2.47. The molecule has 88 valence electrons. The van der Waals surface area contributed by atoms with Crippen LogP contribution in [0.2, 0.25) is 0 Å². The second kappa shape index (κ2) is 3.48. The van der Waals surface area contributed by atoms with Crippen molar-refractivity contribution in [1.29, 1.82) is 0 Å². The predicted molar refractivity (Wildman–Crippen MR) is 63.5 cm³/mol. The Morgan fingerprint density at radius 2 is 1.88 bits per heavy atom. The summed E-state index contributed by atoms with van der Waals surface area (Å²) >= 11 is 0. The fourth-order valence-electron chi connectivity index (χ4n) is 2.49. The van der Waals surface area contributed by atoms with Crippen LogP contribution >= 0.6 is 0 Å². The molecule has 2 fully saturated rings. The van der Waals surface area contributed by atoms with Gasteiger partial charge in [0.2, 0.25) is 0 Å². The minimum Gasteiger partial charge on any atom is -0.399 e. The van der Waals surface area contributed by atoms with E-state index in [0.29, 0.717) is 17.9 Å². The number of amides is 3. The summed E-state index contributed by atoms with van der Waals surface area (Å²) in [6, 6.07) is 6.33. The van der Waals surface area contributed by atoms with Crippen LogP contribution in [0, 0.1) is 0 Å². The number of anilines is 2. The van der Waals surface area contributed by atoms with Gasteiger partial charge in [-0.05, 0) is 37.1 Å². The van der Waals surface area contributed by atoms with Crippen LogP contribution in [-0.4, -0.2) is 29.4 Å². The number of nitrogens with two attached hydrogens (primary N) is 1. The summed E-state index contributed by atoms with van der Waals surface area (Å²) < 4.78 is 0. The van der Waals surface area contributed by atoms with Crippen molar-refractivity contribution in [2.45, 2.75) is 18.9 Å². The highest BCUT2D eigenvalue weighted by atomic mass is 16.2. The van der Waals surface area contributed by atoms with Gasteiger partial charge in [-0.1, -0.05) is 0 Å². The third-order valence-electron chi connectivity index (χ3n) is 3.35. The monoisotopic (exact) mass is 231 g/mol. The van der Waals surface area contributed by atoms with Crippen LogP contribution in [0.5, 0.6) is 0 Å². The summed E-state index contributed by atoms with van der Waals surface area (Å²) in [5, 5.41) is 0. The first-order chi connectivity index (χ1) is 8.18. The molecule has 3 amide bonds. The van der Waals surface area contributed by atoms with Crippen LogP contribution in [-0.2, 0) is 4.79 Å². The van der Waals surface area contributed by atoms with E-state index in [1.807, 2.05) is 0 Å². The molecule has 1 aromatic rings. The molecule has 5 heteroatoms. The van der Waals surface area contributed by atoms with Gasteiger partial charge in [0.15, 0.2) is 0 Å². The van der Waals surface area contributed by atoms with E-state index in [4.69, 9.17) is 5.73 Å². The van der Waals surface area contributed by atoms with E-state index >= 15 is 0 Å². The van der Waals surface area contributed by atoms with Crippen LogP contribution < -0.4 is 10.6 Å². The van der Waals surface area contributed by atoms with E-state index in [1.54, 1.807) is 29.2 Å². The van der Waals surface area contributed by atoms with Crippen molar-refractivity contribution in [1.82, 2.24) is 4.90 Å². The average molecular weight is 231 g/mol. The third-order valence-corrected chi connectivity index (χ3v) is 3.35. The number of fused-ring (bicyclic) bond motifs is 1. The van der Waals surface area contributed by atoms with Gasteiger partial charge in [-0.3, -0.25) is 4.79 Å². The molecule has 1 atom stereocenters. The zero-order chi connectivity index (χ0) is 12.0. The highest BCUT2D eigenvalue weighted by Crippen LogP contribution is 2.31. The number of benzene rings is 1. The molecule has 2 aliphatic rings. The largest absolute Gasteiger partial charge is 0.399 e. The number of hydrogen-bond donors (Lipinski definition) is 1. The van der Waals surface area contributed by atoms with Crippen molar-refractivity contribution < 1.29 is 9.59 Å². The SMILES string of the molecule is Nc1ccc(N2C(=O)[C@H]3CCCN3C2=O)cc1. The van der Waals surface area contributed by atoms with Gasteiger partial charge < -0.3 is 10.6 Å². The first-order valence-electron chi connectivity index (χ1n) is 5.68. The number of urea groups is 1. The number of nitrogens with zero attached hydrogens (tertiary/aromatic N) is 2. The molecule has 0 radical (unpaired) electrons. The molecule has 17 heavy (non-hydrogen) atoms. The Hall–Kier alpha value is -2.04. The number of carbonyl (C=O) groups is 2. The Morgan fingerprint density at radius 3 is 2.53 bits per heavy atom. The minimum absolute atomic E-state index is 0.114. The molecule has 2 heterocycles. The normalized spacial score (nSPS) is 23.4. The molecule has 0 aromatic heterocycles. The maximum atomic E-state index is 12.1. The lowest BCUT2D eigenvalue weighted by atomic mass is 10.2. The Bertz CT molecular complexity index is 461. The third kappa shape index (κ3) is 1.39. The van der Waals surface area contributed by atoms with Gasteiger partial charge in [-0.2, -0.15) is 0 Å². The van der Waals surface area contributed by atoms with E-state index < -0.39 is 0 Å². The van der Waals surface area contributed by atoms with E-state index in [2.05, 4.69) is 0 Å². The van der Waals surface area contributed by atoms with E-state index in [-0.39, 0.29) is 18.0 Å². The minimum atomic E-state index is -0.250. The molecule has 5 nitrogen and oxygen atoms in total. The van der Waals surface area contributed by atoms with Gasteiger partial charge in [0, 0.05) is 12.2 Å². The summed E-state index contributed by atoms with van der Waals surface area (Å²) in [6.07, 6.45) is 1.69. The topological polar surface area (TPSA) is 66.6 Å². The van der Waals surface area contributed by atoms with Crippen molar-refractivity contribution in [3.8, 4) is 0 Å². The smallest absolute Gasteiger partial charge is 0.332 e. The maximum Gasteiger partial charge on any atom is 0.332 e. The van der Waals surface area contributed by atoms with Crippen LogP contribution in [0.4, 0.5) is 16.2 Å². The number of carbonyl (C=O) groups excluding carboxylic acids is 2. The lowest BCUT2D eigenvalue weighted by Crippen LogP contribution is -2.32. The van der Waals surface area contributed by atoms with Gasteiger partial charge in [-0.25, -0.2) is 9.69 Å². The first-order valence-corrected chi connectivity index (χ1v) is 5.68. The van der Waals surface area contributed by atoms with Crippen molar-refractivity contribution >= 4 is 23.3 Å².